The lowest BCUT2D eigenvalue weighted by Crippen LogP contribution is -2.38. The lowest BCUT2D eigenvalue weighted by Gasteiger charge is -2.20. The number of aryl methyl sites for hydroxylation is 1. The van der Waals surface area contributed by atoms with Gasteiger partial charge in [-0.1, -0.05) is 12.1 Å². The van der Waals surface area contributed by atoms with Gasteiger partial charge in [-0.05, 0) is 37.1 Å². The summed E-state index contributed by atoms with van der Waals surface area (Å²) in [6.07, 6.45) is 0. The lowest BCUT2D eigenvalue weighted by atomic mass is 10.1. The van der Waals surface area contributed by atoms with E-state index in [1.807, 2.05) is 19.1 Å². The van der Waals surface area contributed by atoms with E-state index in [9.17, 15) is 4.39 Å². The molecular weight excluding hydrogens is 488 g/mol. The van der Waals surface area contributed by atoms with Crippen LogP contribution in [0, 0.1) is 12.7 Å². The third-order valence-corrected chi connectivity index (χ3v) is 4.51. The Morgan fingerprint density at radius 2 is 1.66 bits per heavy atom. The van der Waals surface area contributed by atoms with Crippen LogP contribution in [0.3, 0.4) is 0 Å². The predicted octanol–water partition coefficient (Wildman–Crippen LogP) is 4.20. The molecule has 2 rings (SSSR count). The number of hydrogen-bond donors (Lipinski definition) is 2. The second-order valence-electron chi connectivity index (χ2n) is 6.32. The number of guanidine groups is 1. The summed E-state index contributed by atoms with van der Waals surface area (Å²) in [4.78, 5) is 4.24. The van der Waals surface area contributed by atoms with Crippen molar-refractivity contribution in [2.75, 3.05) is 28.4 Å². The number of hydrogen-bond acceptors (Lipinski definition) is 4. The Kier molecular flexibility index (Phi) is 10.0. The van der Waals surface area contributed by atoms with Crippen molar-refractivity contribution in [3.63, 3.8) is 0 Å². The zero-order valence-electron chi connectivity index (χ0n) is 17.6. The minimum atomic E-state index is -0.218. The summed E-state index contributed by atoms with van der Waals surface area (Å²) in [5.41, 5.74) is 2.35. The molecule has 0 spiro atoms. The fourth-order valence-corrected chi connectivity index (χ4v) is 2.77. The van der Waals surface area contributed by atoms with E-state index in [1.165, 1.54) is 6.07 Å². The number of methoxy groups -OCH3 is 3. The first-order valence-corrected chi connectivity index (χ1v) is 8.95. The Morgan fingerprint density at radius 1 is 1.03 bits per heavy atom. The van der Waals surface area contributed by atoms with E-state index in [0.29, 0.717) is 35.3 Å². The van der Waals surface area contributed by atoms with Crippen LogP contribution in [-0.2, 0) is 6.54 Å². The maximum Gasteiger partial charge on any atom is 0.191 e. The maximum absolute atomic E-state index is 13.8. The molecule has 8 heteroatoms. The third kappa shape index (κ3) is 6.38. The first kappa shape index (κ1) is 24.8. The fraction of sp³-hybridized carbons (Fsp3) is 0.381. The normalized spacial score (nSPS) is 11.9. The van der Waals surface area contributed by atoms with Crippen LogP contribution in [0.4, 0.5) is 4.39 Å². The second-order valence-corrected chi connectivity index (χ2v) is 6.32. The molecule has 1 atom stereocenters. The van der Waals surface area contributed by atoms with Crippen molar-refractivity contribution >= 4 is 29.9 Å². The summed E-state index contributed by atoms with van der Waals surface area (Å²) in [7, 11) is 6.45. The number of aliphatic imine (C=N–C) groups is 1. The largest absolute Gasteiger partial charge is 0.496 e. The molecule has 6 nitrogen and oxygen atoms in total. The van der Waals surface area contributed by atoms with Crippen molar-refractivity contribution in [1.29, 1.82) is 0 Å². The average Bonchev–Trinajstić information content (AvgIpc) is 2.71. The first-order valence-electron chi connectivity index (χ1n) is 8.95. The summed E-state index contributed by atoms with van der Waals surface area (Å²) in [5.74, 6) is 2.26. The SMILES string of the molecule is CN=C(NCc1cc(OC)c(OC)cc1OC)NC(C)c1ccc(C)c(F)c1.I. The first-order chi connectivity index (χ1) is 13.4. The maximum atomic E-state index is 13.8. The summed E-state index contributed by atoms with van der Waals surface area (Å²) in [6.45, 7) is 4.15. The molecule has 0 aromatic heterocycles. The Hall–Kier alpha value is -2.23. The summed E-state index contributed by atoms with van der Waals surface area (Å²) in [5, 5.41) is 6.51. The number of benzene rings is 2. The zero-order chi connectivity index (χ0) is 20.7. The molecule has 0 bridgehead atoms. The summed E-state index contributed by atoms with van der Waals surface area (Å²) in [6, 6.07) is 8.74. The molecule has 0 saturated carbocycles. The number of nitrogens with one attached hydrogen (secondary N) is 2. The van der Waals surface area contributed by atoms with E-state index in [1.54, 1.807) is 47.4 Å². The van der Waals surface area contributed by atoms with E-state index in [2.05, 4.69) is 15.6 Å². The summed E-state index contributed by atoms with van der Waals surface area (Å²) >= 11 is 0. The van der Waals surface area contributed by atoms with Crippen LogP contribution in [0.15, 0.2) is 35.3 Å². The third-order valence-electron chi connectivity index (χ3n) is 4.51. The van der Waals surface area contributed by atoms with Crippen molar-refractivity contribution in [3.05, 3.63) is 52.8 Å². The van der Waals surface area contributed by atoms with Crippen LogP contribution in [-0.4, -0.2) is 34.3 Å². The molecule has 2 aromatic rings. The van der Waals surface area contributed by atoms with Crippen molar-refractivity contribution in [1.82, 2.24) is 10.6 Å². The number of nitrogens with zero attached hydrogens (tertiary/aromatic N) is 1. The number of ether oxygens (including phenoxy) is 3. The van der Waals surface area contributed by atoms with Gasteiger partial charge in [0.05, 0.1) is 27.4 Å². The van der Waals surface area contributed by atoms with E-state index < -0.39 is 0 Å². The molecule has 0 amide bonds. The van der Waals surface area contributed by atoms with Crippen LogP contribution < -0.4 is 24.8 Å². The van der Waals surface area contributed by atoms with Gasteiger partial charge in [0.1, 0.15) is 11.6 Å². The van der Waals surface area contributed by atoms with Gasteiger partial charge in [-0.25, -0.2) is 4.39 Å². The minimum Gasteiger partial charge on any atom is -0.496 e. The quantitative estimate of drug-likeness (QED) is 0.328. The highest BCUT2D eigenvalue weighted by atomic mass is 127. The van der Waals surface area contributed by atoms with Gasteiger partial charge in [0, 0.05) is 25.2 Å². The fourth-order valence-electron chi connectivity index (χ4n) is 2.77. The highest BCUT2D eigenvalue weighted by molar-refractivity contribution is 14.0. The van der Waals surface area contributed by atoms with E-state index in [4.69, 9.17) is 14.2 Å². The van der Waals surface area contributed by atoms with Crippen LogP contribution in [0.25, 0.3) is 0 Å². The van der Waals surface area contributed by atoms with Crippen LogP contribution in [0.2, 0.25) is 0 Å². The Labute approximate surface area is 188 Å². The Morgan fingerprint density at radius 3 is 2.21 bits per heavy atom. The molecule has 2 N–H and O–H groups in total. The molecule has 0 aliphatic carbocycles. The molecule has 0 saturated heterocycles. The van der Waals surface area contributed by atoms with Crippen molar-refractivity contribution in [2.24, 2.45) is 4.99 Å². The molecule has 29 heavy (non-hydrogen) atoms. The standard InChI is InChI=1S/C21H28FN3O3.HI/c1-13-7-8-15(9-17(13)22)14(2)25-21(23-3)24-12-16-10-19(27-5)20(28-6)11-18(16)26-4;/h7-11,14H,12H2,1-6H3,(H2,23,24,25);1H. The smallest absolute Gasteiger partial charge is 0.191 e. The molecular formula is C21H29FIN3O3. The molecule has 0 aliphatic rings. The lowest BCUT2D eigenvalue weighted by molar-refractivity contribution is 0.347. The van der Waals surface area contributed by atoms with Crippen molar-refractivity contribution in [2.45, 2.75) is 26.4 Å². The van der Waals surface area contributed by atoms with E-state index >= 15 is 0 Å². The van der Waals surface area contributed by atoms with Crippen LogP contribution >= 0.6 is 24.0 Å². The molecule has 160 valence electrons. The number of rotatable bonds is 7. The monoisotopic (exact) mass is 517 g/mol. The number of halogens is 2. The topological polar surface area (TPSA) is 64.1 Å². The van der Waals surface area contributed by atoms with Gasteiger partial charge in [0.25, 0.3) is 0 Å². The molecule has 1 unspecified atom stereocenters. The molecule has 2 aromatic carbocycles. The highest BCUT2D eigenvalue weighted by Gasteiger charge is 2.14. The van der Waals surface area contributed by atoms with Gasteiger partial charge >= 0.3 is 0 Å². The van der Waals surface area contributed by atoms with Gasteiger partial charge in [0.2, 0.25) is 0 Å². The molecule has 0 radical (unpaired) electrons. The molecule has 0 fully saturated rings. The predicted molar refractivity (Wildman–Crippen MR) is 124 cm³/mol. The molecule has 0 aliphatic heterocycles. The zero-order valence-corrected chi connectivity index (χ0v) is 20.0. The van der Waals surface area contributed by atoms with Gasteiger partial charge in [-0.3, -0.25) is 4.99 Å². The minimum absolute atomic E-state index is 0. The highest BCUT2D eigenvalue weighted by Crippen LogP contribution is 2.34. The summed E-state index contributed by atoms with van der Waals surface area (Å²) < 4.78 is 30.0. The second kappa shape index (κ2) is 11.7. The van der Waals surface area contributed by atoms with E-state index in [0.717, 1.165) is 11.1 Å². The van der Waals surface area contributed by atoms with Gasteiger partial charge in [0.15, 0.2) is 17.5 Å². The Balaban J connectivity index is 0.00000420. The van der Waals surface area contributed by atoms with Crippen molar-refractivity contribution in [3.8, 4) is 17.2 Å². The van der Waals surface area contributed by atoms with Crippen molar-refractivity contribution < 1.29 is 18.6 Å². The van der Waals surface area contributed by atoms with Crippen LogP contribution in [0.1, 0.15) is 29.7 Å². The van der Waals surface area contributed by atoms with Crippen LogP contribution in [0.5, 0.6) is 17.2 Å². The van der Waals surface area contributed by atoms with Gasteiger partial charge in [-0.2, -0.15) is 0 Å². The Bertz CT molecular complexity index is 846. The van der Waals surface area contributed by atoms with Gasteiger partial charge < -0.3 is 24.8 Å². The molecule has 0 heterocycles. The van der Waals surface area contributed by atoms with Gasteiger partial charge in [-0.15, -0.1) is 24.0 Å². The van der Waals surface area contributed by atoms with E-state index in [-0.39, 0.29) is 35.8 Å². The average molecular weight is 517 g/mol.